The third-order valence-electron chi connectivity index (χ3n) is 3.72. The predicted molar refractivity (Wildman–Crippen MR) is 67.5 cm³/mol. The van der Waals surface area contributed by atoms with Crippen LogP contribution < -0.4 is 5.32 Å². The third-order valence-corrected chi connectivity index (χ3v) is 3.72. The van der Waals surface area contributed by atoms with Gasteiger partial charge in [0.1, 0.15) is 0 Å². The van der Waals surface area contributed by atoms with E-state index in [0.717, 1.165) is 13.1 Å². The number of nitrogens with one attached hydrogen (secondary N) is 1. The van der Waals surface area contributed by atoms with Gasteiger partial charge >= 0.3 is 6.18 Å². The number of alkyl halides is 3. The minimum Gasteiger partial charge on any atom is -0.317 e. The second kappa shape index (κ2) is 6.57. The monoisotopic (exact) mass is 264 g/mol. The van der Waals surface area contributed by atoms with E-state index in [4.69, 9.17) is 0 Å². The highest BCUT2D eigenvalue weighted by atomic mass is 19.4. The Morgan fingerprint density at radius 1 is 1.39 bits per heavy atom. The molecule has 0 radical (unpaired) electrons. The van der Waals surface area contributed by atoms with Crippen molar-refractivity contribution < 1.29 is 13.2 Å². The summed E-state index contributed by atoms with van der Waals surface area (Å²) >= 11 is 0. The van der Waals surface area contributed by atoms with Crippen LogP contribution in [0.15, 0.2) is 11.6 Å². The van der Waals surface area contributed by atoms with E-state index in [2.05, 4.69) is 31.0 Å². The van der Waals surface area contributed by atoms with Crippen molar-refractivity contribution in [1.29, 1.82) is 0 Å². The SMILES string of the molecule is CCNCC(C)C(C)N1CC=C(C(F)(F)F)CC1. The first-order chi connectivity index (χ1) is 8.36. The third kappa shape index (κ3) is 4.28. The smallest absolute Gasteiger partial charge is 0.317 e. The molecule has 0 amide bonds. The Bertz CT molecular complexity index is 286. The van der Waals surface area contributed by atoms with E-state index in [1.54, 1.807) is 0 Å². The Kier molecular flexibility index (Phi) is 5.66. The molecule has 2 nitrogen and oxygen atoms in total. The second-order valence-electron chi connectivity index (χ2n) is 5.00. The molecule has 2 atom stereocenters. The molecule has 2 unspecified atom stereocenters. The van der Waals surface area contributed by atoms with Crippen molar-refractivity contribution in [3.05, 3.63) is 11.6 Å². The molecule has 106 valence electrons. The standard InChI is InChI=1S/C13H23F3N2/c1-4-17-9-10(2)11(3)18-7-5-12(6-8-18)13(14,15)16/h5,10-11,17H,4,6-9H2,1-3H3. The summed E-state index contributed by atoms with van der Waals surface area (Å²) in [6.07, 6.45) is -2.70. The predicted octanol–water partition coefficient (Wildman–Crippen LogP) is 2.81. The molecule has 1 aliphatic rings. The Labute approximate surface area is 107 Å². The van der Waals surface area contributed by atoms with Gasteiger partial charge in [-0.15, -0.1) is 0 Å². The highest BCUT2D eigenvalue weighted by molar-refractivity contribution is 5.13. The highest BCUT2D eigenvalue weighted by Crippen LogP contribution is 2.31. The lowest BCUT2D eigenvalue weighted by Crippen LogP contribution is -2.44. The van der Waals surface area contributed by atoms with Crippen LogP contribution in [0.2, 0.25) is 0 Å². The quantitative estimate of drug-likeness (QED) is 0.768. The molecule has 1 heterocycles. The van der Waals surface area contributed by atoms with E-state index in [1.165, 1.54) is 6.08 Å². The van der Waals surface area contributed by atoms with Crippen LogP contribution in [-0.2, 0) is 0 Å². The van der Waals surface area contributed by atoms with Gasteiger partial charge in [-0.3, -0.25) is 4.90 Å². The molecule has 0 aromatic carbocycles. The summed E-state index contributed by atoms with van der Waals surface area (Å²) in [6.45, 7) is 9.02. The first-order valence-corrected chi connectivity index (χ1v) is 6.57. The zero-order chi connectivity index (χ0) is 13.8. The van der Waals surface area contributed by atoms with E-state index in [9.17, 15) is 13.2 Å². The molecule has 18 heavy (non-hydrogen) atoms. The van der Waals surface area contributed by atoms with Crippen molar-refractivity contribution in [3.63, 3.8) is 0 Å². The number of halogens is 3. The molecule has 0 aromatic heterocycles. The number of hydrogen-bond donors (Lipinski definition) is 1. The van der Waals surface area contributed by atoms with Gasteiger partial charge in [0.25, 0.3) is 0 Å². The summed E-state index contributed by atoms with van der Waals surface area (Å²) in [5.74, 6) is 0.436. The zero-order valence-electron chi connectivity index (χ0n) is 11.3. The molecule has 1 rings (SSSR count). The van der Waals surface area contributed by atoms with Gasteiger partial charge in [0.15, 0.2) is 0 Å². The highest BCUT2D eigenvalue weighted by Gasteiger charge is 2.35. The van der Waals surface area contributed by atoms with E-state index < -0.39 is 6.18 Å². The van der Waals surface area contributed by atoms with Crippen molar-refractivity contribution >= 4 is 0 Å². The van der Waals surface area contributed by atoms with Crippen LogP contribution in [0, 0.1) is 5.92 Å². The fraction of sp³-hybridized carbons (Fsp3) is 0.846. The van der Waals surface area contributed by atoms with Crippen LogP contribution in [-0.4, -0.2) is 43.3 Å². The van der Waals surface area contributed by atoms with Crippen molar-refractivity contribution in [2.24, 2.45) is 5.92 Å². The summed E-state index contributed by atoms with van der Waals surface area (Å²) in [4.78, 5) is 2.12. The van der Waals surface area contributed by atoms with Crippen molar-refractivity contribution in [2.45, 2.75) is 39.4 Å². The minimum absolute atomic E-state index is 0.113. The summed E-state index contributed by atoms with van der Waals surface area (Å²) in [6, 6.07) is 0.301. The number of rotatable bonds is 5. The molecule has 1 N–H and O–H groups in total. The van der Waals surface area contributed by atoms with E-state index in [-0.39, 0.29) is 12.0 Å². The van der Waals surface area contributed by atoms with Crippen LogP contribution in [0.25, 0.3) is 0 Å². The molecule has 5 heteroatoms. The molecule has 1 aliphatic heterocycles. The maximum atomic E-state index is 12.5. The Hall–Kier alpha value is -0.550. The fourth-order valence-electron chi connectivity index (χ4n) is 2.21. The molecule has 0 aliphatic carbocycles. The summed E-state index contributed by atoms with van der Waals surface area (Å²) in [7, 11) is 0. The second-order valence-corrected chi connectivity index (χ2v) is 5.00. The number of nitrogens with zero attached hydrogens (tertiary/aromatic N) is 1. The van der Waals surface area contributed by atoms with Crippen molar-refractivity contribution in [2.75, 3.05) is 26.2 Å². The van der Waals surface area contributed by atoms with Gasteiger partial charge in [-0.25, -0.2) is 0 Å². The average Bonchev–Trinajstić information content (AvgIpc) is 2.34. The van der Waals surface area contributed by atoms with Crippen LogP contribution in [0.3, 0.4) is 0 Å². The maximum Gasteiger partial charge on any atom is 0.412 e. The zero-order valence-corrected chi connectivity index (χ0v) is 11.3. The lowest BCUT2D eigenvalue weighted by molar-refractivity contribution is -0.0965. The molecular weight excluding hydrogens is 241 g/mol. The Morgan fingerprint density at radius 3 is 2.50 bits per heavy atom. The average molecular weight is 264 g/mol. The Morgan fingerprint density at radius 2 is 2.06 bits per heavy atom. The van der Waals surface area contributed by atoms with Gasteiger partial charge in [0.2, 0.25) is 0 Å². The van der Waals surface area contributed by atoms with E-state index in [1.807, 2.05) is 0 Å². The van der Waals surface area contributed by atoms with Crippen LogP contribution in [0.4, 0.5) is 13.2 Å². The van der Waals surface area contributed by atoms with E-state index in [0.29, 0.717) is 25.0 Å². The van der Waals surface area contributed by atoms with Gasteiger partial charge in [-0.05, 0) is 32.4 Å². The largest absolute Gasteiger partial charge is 0.412 e. The molecule has 0 fully saturated rings. The van der Waals surface area contributed by atoms with Crippen molar-refractivity contribution in [3.8, 4) is 0 Å². The summed E-state index contributed by atoms with van der Waals surface area (Å²) < 4.78 is 37.5. The molecule has 0 bridgehead atoms. The first kappa shape index (κ1) is 15.5. The normalized spacial score (nSPS) is 21.6. The van der Waals surface area contributed by atoms with Crippen LogP contribution >= 0.6 is 0 Å². The van der Waals surface area contributed by atoms with Gasteiger partial charge in [-0.1, -0.05) is 19.9 Å². The summed E-state index contributed by atoms with van der Waals surface area (Å²) in [5.41, 5.74) is -0.370. The lowest BCUT2D eigenvalue weighted by atomic mass is 9.99. The van der Waals surface area contributed by atoms with Gasteiger partial charge in [0, 0.05) is 24.7 Å². The van der Waals surface area contributed by atoms with Crippen LogP contribution in [0.5, 0.6) is 0 Å². The Balaban J connectivity index is 2.49. The lowest BCUT2D eigenvalue weighted by Gasteiger charge is -2.35. The molecule has 0 spiro atoms. The minimum atomic E-state index is -4.15. The summed E-state index contributed by atoms with van der Waals surface area (Å²) in [5, 5.41) is 3.28. The molecule has 0 saturated heterocycles. The van der Waals surface area contributed by atoms with Gasteiger partial charge in [0.05, 0.1) is 0 Å². The topological polar surface area (TPSA) is 15.3 Å². The van der Waals surface area contributed by atoms with Crippen LogP contribution in [0.1, 0.15) is 27.2 Å². The van der Waals surface area contributed by atoms with Gasteiger partial charge < -0.3 is 5.32 Å². The molecule has 0 aromatic rings. The van der Waals surface area contributed by atoms with Crippen molar-refractivity contribution in [1.82, 2.24) is 10.2 Å². The maximum absolute atomic E-state index is 12.5. The fourth-order valence-corrected chi connectivity index (χ4v) is 2.21. The molecular formula is C13H23F3N2. The first-order valence-electron chi connectivity index (χ1n) is 6.57. The number of hydrogen-bond acceptors (Lipinski definition) is 2. The van der Waals surface area contributed by atoms with Gasteiger partial charge in [-0.2, -0.15) is 13.2 Å². The van der Waals surface area contributed by atoms with E-state index >= 15 is 0 Å². The molecule has 0 saturated carbocycles.